The van der Waals surface area contributed by atoms with Gasteiger partial charge in [-0.25, -0.2) is 0 Å². The maximum atomic E-state index is 10.1. The number of allylic oxidation sites excluding steroid dienone is 5. The van der Waals surface area contributed by atoms with Crippen LogP contribution in [-0.2, 0) is 8.37 Å². The Balaban J connectivity index is 1.55. The van der Waals surface area contributed by atoms with Gasteiger partial charge >= 0.3 is 0 Å². The second-order valence-corrected chi connectivity index (χ2v) is 12.9. The average molecular weight is 504 g/mol. The van der Waals surface area contributed by atoms with E-state index in [1.54, 1.807) is 11.1 Å². The van der Waals surface area contributed by atoms with Crippen LogP contribution >= 0.6 is 23.8 Å². The molecule has 0 aromatic carbocycles. The van der Waals surface area contributed by atoms with Crippen LogP contribution in [0.25, 0.3) is 0 Å². The van der Waals surface area contributed by atoms with Crippen LogP contribution in [0.15, 0.2) is 34.9 Å². The van der Waals surface area contributed by atoms with Gasteiger partial charge in [0.15, 0.2) is 0 Å². The molecular weight excluding hydrogens is 458 g/mol. The van der Waals surface area contributed by atoms with Gasteiger partial charge in [0.1, 0.15) is 0 Å². The van der Waals surface area contributed by atoms with Crippen molar-refractivity contribution in [2.24, 2.45) is 28.6 Å². The van der Waals surface area contributed by atoms with Crippen molar-refractivity contribution < 1.29 is 13.5 Å². The number of aliphatic hydroxyl groups is 1. The van der Waals surface area contributed by atoms with Crippen molar-refractivity contribution in [2.75, 3.05) is 0 Å². The van der Waals surface area contributed by atoms with Crippen molar-refractivity contribution in [3.8, 4) is 0 Å². The van der Waals surface area contributed by atoms with Crippen LogP contribution in [0.2, 0.25) is 0 Å². The van der Waals surface area contributed by atoms with E-state index in [-0.39, 0.29) is 23.0 Å². The third kappa shape index (κ3) is 4.90. The highest BCUT2D eigenvalue weighted by Gasteiger charge is 2.57. The lowest BCUT2D eigenvalue weighted by molar-refractivity contribution is -0.0153. The van der Waals surface area contributed by atoms with E-state index in [4.69, 9.17) is 11.0 Å². The van der Waals surface area contributed by atoms with Gasteiger partial charge in [0.25, 0.3) is 0 Å². The molecule has 186 valence electrons. The van der Waals surface area contributed by atoms with E-state index in [0.29, 0.717) is 17.8 Å². The lowest BCUT2D eigenvalue weighted by Crippen LogP contribution is -2.52. The predicted molar refractivity (Wildman–Crippen MR) is 149 cm³/mol. The Morgan fingerprint density at radius 1 is 1.24 bits per heavy atom. The molecule has 1 N–H and O–H groups in total. The molecule has 7 atom stereocenters. The molecule has 2 fully saturated rings. The molecule has 0 aliphatic heterocycles. The number of hydrogen-bond donors (Lipinski definition) is 1. The molecule has 4 rings (SSSR count). The van der Waals surface area contributed by atoms with Gasteiger partial charge in [-0.05, 0) is 78.2 Å². The Morgan fingerprint density at radius 3 is 2.74 bits per heavy atom. The Bertz CT molecular complexity index is 893. The number of hydrogen-bond acceptors (Lipinski definition) is 5. The van der Waals surface area contributed by atoms with Crippen LogP contribution < -0.4 is 0 Å². The molecule has 0 heterocycles. The molecule has 0 saturated heterocycles. The van der Waals surface area contributed by atoms with Gasteiger partial charge in [0.05, 0.1) is 17.8 Å². The summed E-state index contributed by atoms with van der Waals surface area (Å²) < 4.78 is 27.0. The SMILES string of the molecule is [3H][B]SO[C@@H]1CC2=CC=C3C(CC[C@]4(C)C([C@@H](C)CCCC(C)(C)O)=CCC34)[C@@]2(C)[C@@H](OS[B][3H])C1. The quantitative estimate of drug-likeness (QED) is 0.203. The number of fused-ring (bicyclic) bond motifs is 5. The fourth-order valence-electron chi connectivity index (χ4n) is 7.74. The predicted octanol–water partition coefficient (Wildman–Crippen LogP) is 6.29. The fraction of sp³-hybridized carbons (Fsp3) is 0.778. The highest BCUT2D eigenvalue weighted by molar-refractivity contribution is 8.16. The molecule has 34 heavy (non-hydrogen) atoms. The normalized spacial score (nSPS) is 38.8. The van der Waals surface area contributed by atoms with Gasteiger partial charge in [-0.3, -0.25) is 0 Å². The lowest BCUT2D eigenvalue weighted by Gasteiger charge is -2.57. The molecular formula is C27H42B2O3S2. The summed E-state index contributed by atoms with van der Waals surface area (Å²) in [6.45, 7) is 11.1. The van der Waals surface area contributed by atoms with Gasteiger partial charge in [0.2, 0.25) is 14.2 Å². The van der Waals surface area contributed by atoms with Crippen molar-refractivity contribution in [1.29, 1.82) is 2.67 Å². The maximum absolute atomic E-state index is 10.1. The first-order valence-corrected chi connectivity index (χ1v) is 14.5. The van der Waals surface area contributed by atoms with Crippen LogP contribution in [0, 0.1) is 28.6 Å². The second kappa shape index (κ2) is 10.4. The molecule has 0 aromatic rings. The zero-order valence-corrected chi connectivity index (χ0v) is 23.1. The van der Waals surface area contributed by atoms with Gasteiger partial charge in [-0.15, -0.1) is 0 Å². The lowest BCUT2D eigenvalue weighted by atomic mass is 9.49. The van der Waals surface area contributed by atoms with Crippen LogP contribution in [0.4, 0.5) is 0 Å². The Kier molecular flexibility index (Phi) is 7.40. The first kappa shape index (κ1) is 24.3. The monoisotopic (exact) mass is 504 g/mol. The summed E-state index contributed by atoms with van der Waals surface area (Å²) in [7, 11) is 2.51. The molecule has 0 amide bonds. The summed E-state index contributed by atoms with van der Waals surface area (Å²) in [4.78, 5) is 0. The zero-order chi connectivity index (χ0) is 26.1. The maximum Gasteiger partial charge on any atom is 0.209 e. The molecule has 0 aromatic heterocycles. The largest absolute Gasteiger partial charge is 0.390 e. The van der Waals surface area contributed by atoms with Crippen molar-refractivity contribution in [3.05, 3.63) is 34.9 Å². The van der Waals surface area contributed by atoms with Crippen molar-refractivity contribution in [3.63, 3.8) is 0 Å². The minimum atomic E-state index is -0.586. The van der Waals surface area contributed by atoms with E-state index in [0.717, 1.165) is 68.7 Å². The Labute approximate surface area is 221 Å². The Morgan fingerprint density at radius 2 is 2.00 bits per heavy atom. The highest BCUT2D eigenvalue weighted by Crippen LogP contribution is 2.65. The van der Waals surface area contributed by atoms with Crippen molar-refractivity contribution in [1.82, 2.24) is 0 Å². The molecule has 4 aliphatic rings. The first-order chi connectivity index (χ1) is 17.0. The van der Waals surface area contributed by atoms with Crippen LogP contribution in [0.5, 0.6) is 0 Å². The standard InChI is InChI=1S/C27H42B2O3S2/c1-17(7-6-13-25(2,3)30)21-10-11-22-20-9-8-18-15-19(31-33-28)16-24(32-34-29)27(18,5)23(20)12-14-26(21,22)4/h8-10,17,19,22-24,28-30H,6-7,11-16H2,1-5H3/t17-,19+,22?,23?,24-,26+,27-/m0/s1/i28T,29T. The molecule has 2 saturated carbocycles. The molecule has 7 heteroatoms. The van der Waals surface area contributed by atoms with Crippen molar-refractivity contribution >= 4 is 38.0 Å². The smallest absolute Gasteiger partial charge is 0.209 e. The summed E-state index contributed by atoms with van der Waals surface area (Å²) >= 11 is 2.22. The summed E-state index contributed by atoms with van der Waals surface area (Å²) in [5.41, 5.74) is 4.14. The third-order valence-electron chi connectivity index (χ3n) is 9.57. The van der Waals surface area contributed by atoms with Gasteiger partial charge in [-0.2, -0.15) is 0 Å². The van der Waals surface area contributed by atoms with Gasteiger partial charge < -0.3 is 13.5 Å². The summed E-state index contributed by atoms with van der Waals surface area (Å²) in [5, 5.41) is 10.1. The zero-order valence-electron chi connectivity index (χ0n) is 23.5. The first-order valence-electron chi connectivity index (χ1n) is 14.1. The van der Waals surface area contributed by atoms with Gasteiger partial charge in [-0.1, -0.05) is 85.9 Å². The van der Waals surface area contributed by atoms with E-state index in [2.05, 4.69) is 39.0 Å². The molecule has 3 nitrogen and oxygen atoms in total. The van der Waals surface area contributed by atoms with E-state index >= 15 is 0 Å². The average Bonchev–Trinajstić information content (AvgIpc) is 3.18. The Hall–Kier alpha value is -0.0701. The molecule has 2 unspecified atom stereocenters. The third-order valence-corrected chi connectivity index (χ3v) is 10.3. The summed E-state index contributed by atoms with van der Waals surface area (Å²) in [6.07, 6.45) is 15.4. The molecule has 4 aliphatic carbocycles. The second-order valence-electron chi connectivity index (χ2n) is 12.1. The highest BCUT2D eigenvalue weighted by atomic mass is 32.2. The minimum Gasteiger partial charge on any atom is -0.390 e. The minimum absolute atomic E-state index is 0.0144. The van der Waals surface area contributed by atoms with E-state index in [1.165, 1.54) is 26.2 Å². The molecule has 0 bridgehead atoms. The fourth-order valence-corrected chi connectivity index (χ4v) is 8.46. The summed E-state index contributed by atoms with van der Waals surface area (Å²) in [5.74, 6) is 1.53. The van der Waals surface area contributed by atoms with Crippen LogP contribution in [-0.4, -0.2) is 39.8 Å². The molecule has 2 radical (unpaired) electrons. The van der Waals surface area contributed by atoms with Crippen molar-refractivity contribution in [2.45, 2.75) is 104 Å². The van der Waals surface area contributed by atoms with E-state index in [9.17, 15) is 5.11 Å². The molecule has 0 spiro atoms. The van der Waals surface area contributed by atoms with Crippen LogP contribution in [0.1, 0.15) is 86.0 Å². The number of rotatable bonds is 11. The summed E-state index contributed by atoms with van der Waals surface area (Å²) in [6, 6.07) is 0. The van der Waals surface area contributed by atoms with Crippen LogP contribution in [0.3, 0.4) is 0 Å². The van der Waals surface area contributed by atoms with Gasteiger partial charge in [0, 0.05) is 11.8 Å². The van der Waals surface area contributed by atoms with E-state index < -0.39 is 5.60 Å². The topological polar surface area (TPSA) is 38.7 Å². The van der Waals surface area contributed by atoms with E-state index in [1.807, 2.05) is 13.8 Å².